The van der Waals surface area contributed by atoms with Crippen molar-refractivity contribution in [3.63, 3.8) is 0 Å². The quantitative estimate of drug-likeness (QED) is 0.218. The minimum Gasteiger partial charge on any atom is -0.484 e. The summed E-state index contributed by atoms with van der Waals surface area (Å²) in [6.07, 6.45) is 6.06. The summed E-state index contributed by atoms with van der Waals surface area (Å²) in [7, 11) is 0. The van der Waals surface area contributed by atoms with E-state index in [2.05, 4.69) is 18.7 Å². The molecule has 3 aromatic carbocycles. The summed E-state index contributed by atoms with van der Waals surface area (Å²) in [6, 6.07) is 16.4. The molecule has 0 heterocycles. The Morgan fingerprint density at radius 2 is 1.57 bits per heavy atom. The smallest absolute Gasteiger partial charge is 0.422 e. The van der Waals surface area contributed by atoms with Gasteiger partial charge in [0.05, 0.1) is 0 Å². The van der Waals surface area contributed by atoms with Crippen LogP contribution in [0.4, 0.5) is 17.6 Å². The van der Waals surface area contributed by atoms with Crippen LogP contribution >= 0.6 is 0 Å². The van der Waals surface area contributed by atoms with Crippen molar-refractivity contribution < 1.29 is 22.3 Å². The number of alkyl halides is 3. The zero-order valence-electron chi connectivity index (χ0n) is 19.9. The van der Waals surface area contributed by atoms with Crippen LogP contribution in [-0.2, 0) is 19.3 Å². The Kier molecular flexibility index (Phi) is 8.15. The lowest BCUT2D eigenvalue weighted by molar-refractivity contribution is -0.153. The molecular formula is C30H32F4O. The van der Waals surface area contributed by atoms with Gasteiger partial charge in [0.15, 0.2) is 6.61 Å². The van der Waals surface area contributed by atoms with Crippen LogP contribution in [-0.4, -0.2) is 12.8 Å². The lowest BCUT2D eigenvalue weighted by atomic mass is 9.79. The van der Waals surface area contributed by atoms with Crippen molar-refractivity contribution in [3.05, 3.63) is 89.8 Å². The topological polar surface area (TPSA) is 9.23 Å². The molecule has 0 atom stereocenters. The fourth-order valence-corrected chi connectivity index (χ4v) is 5.01. The van der Waals surface area contributed by atoms with Gasteiger partial charge in [0.1, 0.15) is 11.6 Å². The summed E-state index contributed by atoms with van der Waals surface area (Å²) in [5.41, 5.74) is 2.81. The van der Waals surface area contributed by atoms with Crippen molar-refractivity contribution in [1.29, 1.82) is 0 Å². The van der Waals surface area contributed by atoms with Gasteiger partial charge in [-0.05, 0) is 97.4 Å². The largest absolute Gasteiger partial charge is 0.484 e. The highest BCUT2D eigenvalue weighted by molar-refractivity contribution is 5.84. The lowest BCUT2D eigenvalue weighted by Gasteiger charge is -2.26. The average molecular weight is 485 g/mol. The predicted molar refractivity (Wildman–Crippen MR) is 133 cm³/mol. The third kappa shape index (κ3) is 7.09. The third-order valence-electron chi connectivity index (χ3n) is 7.17. The highest BCUT2D eigenvalue weighted by atomic mass is 19.4. The first kappa shape index (κ1) is 25.3. The highest BCUT2D eigenvalue weighted by Crippen LogP contribution is 2.32. The van der Waals surface area contributed by atoms with E-state index in [1.807, 2.05) is 24.3 Å². The van der Waals surface area contributed by atoms with E-state index in [-0.39, 0.29) is 11.6 Å². The van der Waals surface area contributed by atoms with Crippen LogP contribution in [0.1, 0.15) is 48.8 Å². The van der Waals surface area contributed by atoms with Crippen molar-refractivity contribution in [1.82, 2.24) is 0 Å². The van der Waals surface area contributed by atoms with E-state index >= 15 is 4.39 Å². The van der Waals surface area contributed by atoms with E-state index in [1.165, 1.54) is 49.8 Å². The van der Waals surface area contributed by atoms with Crippen molar-refractivity contribution in [2.45, 2.75) is 57.5 Å². The monoisotopic (exact) mass is 484 g/mol. The number of allylic oxidation sites excluding steroid dienone is 1. The van der Waals surface area contributed by atoms with E-state index < -0.39 is 12.8 Å². The SMILES string of the molecule is C=CC1CCC(CCc2ccc3c(F)c(CCc4ccc(OCC(F)(F)F)cc4)ccc3c2)CC1. The summed E-state index contributed by atoms with van der Waals surface area (Å²) in [6.45, 7) is 2.61. The molecule has 1 saturated carbocycles. The Hall–Kier alpha value is -2.82. The van der Waals surface area contributed by atoms with Crippen molar-refractivity contribution in [2.24, 2.45) is 11.8 Å². The van der Waals surface area contributed by atoms with Crippen LogP contribution in [0.5, 0.6) is 5.75 Å². The van der Waals surface area contributed by atoms with Gasteiger partial charge in [-0.3, -0.25) is 0 Å². The fourth-order valence-electron chi connectivity index (χ4n) is 5.01. The summed E-state index contributed by atoms with van der Waals surface area (Å²) < 4.78 is 56.8. The van der Waals surface area contributed by atoms with Crippen molar-refractivity contribution >= 4 is 10.8 Å². The highest BCUT2D eigenvalue weighted by Gasteiger charge is 2.28. The van der Waals surface area contributed by atoms with Crippen LogP contribution in [0.25, 0.3) is 10.8 Å². The molecule has 0 radical (unpaired) electrons. The van der Waals surface area contributed by atoms with Gasteiger partial charge in [-0.1, -0.05) is 48.5 Å². The number of hydrogen-bond donors (Lipinski definition) is 0. The van der Waals surface area contributed by atoms with Crippen LogP contribution in [0.3, 0.4) is 0 Å². The standard InChI is InChI=1S/C30H32F4O/c1-2-21-3-5-22(6-4-21)7-8-24-12-18-28-26(19-24)15-14-25(29(28)31)13-9-23-10-16-27(17-11-23)35-20-30(32,33)34/h2,10-12,14-19,21-22H,1,3-9,13,20H2. The van der Waals surface area contributed by atoms with E-state index in [0.29, 0.717) is 29.7 Å². The van der Waals surface area contributed by atoms with Gasteiger partial charge in [0, 0.05) is 5.39 Å². The molecule has 0 saturated heterocycles. The Bertz CT molecular complexity index is 1130. The molecule has 0 unspecified atom stereocenters. The molecule has 3 aromatic rings. The van der Waals surface area contributed by atoms with Crippen LogP contribution in [0.2, 0.25) is 0 Å². The molecule has 1 aliphatic carbocycles. The first-order chi connectivity index (χ1) is 16.8. The Balaban J connectivity index is 1.33. The molecule has 5 heteroatoms. The Labute approximate surface area is 204 Å². The fraction of sp³-hybridized carbons (Fsp3) is 0.400. The summed E-state index contributed by atoms with van der Waals surface area (Å²) in [4.78, 5) is 0. The average Bonchev–Trinajstić information content (AvgIpc) is 2.86. The van der Waals surface area contributed by atoms with E-state index in [1.54, 1.807) is 12.1 Å². The van der Waals surface area contributed by atoms with Gasteiger partial charge in [-0.15, -0.1) is 6.58 Å². The predicted octanol–water partition coefficient (Wildman–Crippen LogP) is 8.63. The van der Waals surface area contributed by atoms with Gasteiger partial charge < -0.3 is 4.74 Å². The number of hydrogen-bond acceptors (Lipinski definition) is 1. The van der Waals surface area contributed by atoms with Gasteiger partial charge in [0.2, 0.25) is 0 Å². The number of ether oxygens (including phenoxy) is 1. The first-order valence-electron chi connectivity index (χ1n) is 12.4. The molecule has 1 fully saturated rings. The molecule has 186 valence electrons. The molecule has 35 heavy (non-hydrogen) atoms. The molecule has 1 nitrogen and oxygen atoms in total. The summed E-state index contributed by atoms with van der Waals surface area (Å²) >= 11 is 0. The molecule has 0 bridgehead atoms. The van der Waals surface area contributed by atoms with E-state index in [0.717, 1.165) is 23.3 Å². The maximum absolute atomic E-state index is 15.2. The number of aryl methyl sites for hydroxylation is 3. The second kappa shape index (κ2) is 11.3. The first-order valence-corrected chi connectivity index (χ1v) is 12.4. The zero-order valence-corrected chi connectivity index (χ0v) is 19.9. The molecule has 0 aliphatic heterocycles. The normalized spacial score (nSPS) is 18.5. The number of fused-ring (bicyclic) bond motifs is 1. The zero-order chi connectivity index (χ0) is 24.8. The van der Waals surface area contributed by atoms with Gasteiger partial charge in [0.25, 0.3) is 0 Å². The molecular weight excluding hydrogens is 452 g/mol. The van der Waals surface area contributed by atoms with Gasteiger partial charge >= 0.3 is 6.18 Å². The third-order valence-corrected chi connectivity index (χ3v) is 7.17. The number of halogens is 4. The maximum atomic E-state index is 15.2. The Morgan fingerprint density at radius 1 is 0.857 bits per heavy atom. The number of rotatable bonds is 9. The molecule has 1 aliphatic rings. The van der Waals surface area contributed by atoms with E-state index in [4.69, 9.17) is 4.74 Å². The van der Waals surface area contributed by atoms with E-state index in [9.17, 15) is 13.2 Å². The molecule has 0 spiro atoms. The minimum absolute atomic E-state index is 0.170. The lowest BCUT2D eigenvalue weighted by Crippen LogP contribution is -2.19. The Morgan fingerprint density at radius 3 is 2.26 bits per heavy atom. The van der Waals surface area contributed by atoms with Crippen LogP contribution < -0.4 is 4.74 Å². The van der Waals surface area contributed by atoms with Crippen LogP contribution in [0.15, 0.2) is 67.3 Å². The summed E-state index contributed by atoms with van der Waals surface area (Å²) in [5.74, 6) is 1.43. The maximum Gasteiger partial charge on any atom is 0.422 e. The summed E-state index contributed by atoms with van der Waals surface area (Å²) in [5, 5.41) is 1.55. The second-order valence-electron chi connectivity index (χ2n) is 9.70. The molecule has 0 N–H and O–H groups in total. The van der Waals surface area contributed by atoms with Crippen LogP contribution in [0, 0.1) is 17.7 Å². The van der Waals surface area contributed by atoms with Crippen molar-refractivity contribution in [2.75, 3.05) is 6.61 Å². The van der Waals surface area contributed by atoms with Gasteiger partial charge in [-0.2, -0.15) is 13.2 Å². The second-order valence-corrected chi connectivity index (χ2v) is 9.70. The minimum atomic E-state index is -4.36. The molecule has 0 amide bonds. The molecule has 4 rings (SSSR count). The van der Waals surface area contributed by atoms with Crippen molar-refractivity contribution in [3.8, 4) is 5.75 Å². The number of benzene rings is 3. The van der Waals surface area contributed by atoms with Gasteiger partial charge in [-0.25, -0.2) is 4.39 Å². The molecule has 0 aromatic heterocycles.